The average molecular weight is 505 g/mol. The van der Waals surface area contributed by atoms with Gasteiger partial charge in [-0.3, -0.25) is 4.99 Å². The standard InChI is InChI=1S/C20H31N3O2S.HI/c1-15(2)12-21-20(22-13-16-9-10-26(24,25)14-16)23-19-8-7-17-5-3-4-6-18(17)11-19;/h3-6,15-16,19H,7-14H2,1-2H3,(H2,21,22,23);1H. The fourth-order valence-electron chi connectivity index (χ4n) is 3.71. The van der Waals surface area contributed by atoms with Gasteiger partial charge in [-0.1, -0.05) is 38.1 Å². The van der Waals surface area contributed by atoms with Crippen molar-refractivity contribution in [2.45, 2.75) is 45.6 Å². The van der Waals surface area contributed by atoms with Gasteiger partial charge in [-0.25, -0.2) is 8.42 Å². The smallest absolute Gasteiger partial charge is 0.191 e. The summed E-state index contributed by atoms with van der Waals surface area (Å²) in [6.45, 7) is 5.75. The average Bonchev–Trinajstić information content (AvgIpc) is 2.96. The minimum absolute atomic E-state index is 0. The number of fused-ring (bicyclic) bond motifs is 1. The zero-order valence-electron chi connectivity index (χ0n) is 16.3. The molecule has 2 unspecified atom stereocenters. The van der Waals surface area contributed by atoms with Gasteiger partial charge in [0.25, 0.3) is 0 Å². The number of guanidine groups is 1. The summed E-state index contributed by atoms with van der Waals surface area (Å²) in [7, 11) is -2.83. The van der Waals surface area contributed by atoms with Gasteiger partial charge in [0.1, 0.15) is 0 Å². The van der Waals surface area contributed by atoms with Gasteiger partial charge in [-0.05, 0) is 48.6 Å². The Balaban J connectivity index is 0.00000261. The van der Waals surface area contributed by atoms with Crippen molar-refractivity contribution in [3.63, 3.8) is 0 Å². The molecular weight excluding hydrogens is 473 g/mol. The molecular formula is C20H32IN3O2S. The van der Waals surface area contributed by atoms with Crippen molar-refractivity contribution >= 4 is 39.8 Å². The van der Waals surface area contributed by atoms with Crippen LogP contribution in [-0.2, 0) is 22.7 Å². The fourth-order valence-corrected chi connectivity index (χ4v) is 5.58. The fraction of sp³-hybridized carbons (Fsp3) is 0.650. The van der Waals surface area contributed by atoms with Gasteiger partial charge < -0.3 is 10.6 Å². The first-order chi connectivity index (χ1) is 12.4. The van der Waals surface area contributed by atoms with Crippen molar-refractivity contribution in [2.75, 3.05) is 24.6 Å². The summed E-state index contributed by atoms with van der Waals surface area (Å²) in [4.78, 5) is 4.72. The number of aryl methyl sites for hydroxylation is 1. The van der Waals surface area contributed by atoms with E-state index in [4.69, 9.17) is 4.99 Å². The lowest BCUT2D eigenvalue weighted by Gasteiger charge is -2.27. The topological polar surface area (TPSA) is 70.6 Å². The second-order valence-corrected chi connectivity index (χ2v) is 10.3. The van der Waals surface area contributed by atoms with E-state index in [9.17, 15) is 8.42 Å². The molecule has 1 heterocycles. The molecule has 0 radical (unpaired) electrons. The van der Waals surface area contributed by atoms with Crippen LogP contribution < -0.4 is 10.6 Å². The Morgan fingerprint density at radius 2 is 1.96 bits per heavy atom. The van der Waals surface area contributed by atoms with Crippen LogP contribution in [0.1, 0.15) is 37.8 Å². The van der Waals surface area contributed by atoms with E-state index in [0.29, 0.717) is 30.0 Å². The van der Waals surface area contributed by atoms with Crippen molar-refractivity contribution in [1.82, 2.24) is 10.6 Å². The van der Waals surface area contributed by atoms with E-state index in [1.54, 1.807) is 0 Å². The molecule has 1 aliphatic heterocycles. The molecule has 1 fully saturated rings. The molecule has 0 bridgehead atoms. The highest BCUT2D eigenvalue weighted by Crippen LogP contribution is 2.21. The third-order valence-electron chi connectivity index (χ3n) is 5.19. The number of nitrogens with zero attached hydrogens (tertiary/aromatic N) is 1. The van der Waals surface area contributed by atoms with Gasteiger partial charge in [0.2, 0.25) is 0 Å². The zero-order valence-corrected chi connectivity index (χ0v) is 19.4. The van der Waals surface area contributed by atoms with Gasteiger partial charge in [0.05, 0.1) is 11.5 Å². The van der Waals surface area contributed by atoms with Crippen molar-refractivity contribution < 1.29 is 8.42 Å². The second-order valence-electron chi connectivity index (χ2n) is 8.09. The number of nitrogens with one attached hydrogen (secondary N) is 2. The molecule has 7 heteroatoms. The lowest BCUT2D eigenvalue weighted by atomic mass is 9.88. The monoisotopic (exact) mass is 505 g/mol. The summed E-state index contributed by atoms with van der Waals surface area (Å²) in [5.74, 6) is 2.14. The first-order valence-electron chi connectivity index (χ1n) is 9.73. The molecule has 1 aromatic carbocycles. The number of benzene rings is 1. The minimum Gasteiger partial charge on any atom is -0.356 e. The Morgan fingerprint density at radius 1 is 1.22 bits per heavy atom. The van der Waals surface area contributed by atoms with E-state index in [1.807, 2.05) is 0 Å². The number of aliphatic imine (C=N–C) groups is 1. The molecule has 152 valence electrons. The van der Waals surface area contributed by atoms with Crippen LogP contribution in [0.2, 0.25) is 0 Å². The molecule has 0 aromatic heterocycles. The van der Waals surface area contributed by atoms with Gasteiger partial charge in [-0.15, -0.1) is 24.0 Å². The Hall–Kier alpha value is -0.830. The maximum atomic E-state index is 11.7. The van der Waals surface area contributed by atoms with E-state index in [2.05, 4.69) is 48.7 Å². The molecule has 1 saturated heterocycles. The lowest BCUT2D eigenvalue weighted by molar-refractivity contribution is 0.508. The van der Waals surface area contributed by atoms with Crippen LogP contribution in [0.15, 0.2) is 29.3 Å². The van der Waals surface area contributed by atoms with E-state index in [0.717, 1.165) is 38.2 Å². The highest BCUT2D eigenvalue weighted by Gasteiger charge is 2.28. The summed E-state index contributed by atoms with van der Waals surface area (Å²) in [5, 5.41) is 6.99. The zero-order chi connectivity index (χ0) is 18.6. The molecule has 2 atom stereocenters. The summed E-state index contributed by atoms with van der Waals surface area (Å²) in [6.07, 6.45) is 3.95. The van der Waals surface area contributed by atoms with Crippen LogP contribution in [0.3, 0.4) is 0 Å². The molecule has 5 nitrogen and oxygen atoms in total. The van der Waals surface area contributed by atoms with E-state index < -0.39 is 9.84 Å². The Bertz CT molecular complexity index is 749. The van der Waals surface area contributed by atoms with Crippen molar-refractivity contribution in [2.24, 2.45) is 16.8 Å². The first kappa shape index (κ1) is 22.5. The van der Waals surface area contributed by atoms with Crippen LogP contribution in [0, 0.1) is 11.8 Å². The predicted molar refractivity (Wildman–Crippen MR) is 123 cm³/mol. The first-order valence-corrected chi connectivity index (χ1v) is 11.6. The summed E-state index contributed by atoms with van der Waals surface area (Å²) < 4.78 is 23.3. The molecule has 2 aliphatic rings. The SMILES string of the molecule is CC(C)CN=C(NCC1CCS(=O)(=O)C1)NC1CCc2ccccc2C1.I. The predicted octanol–water partition coefficient (Wildman–Crippen LogP) is 2.79. The highest BCUT2D eigenvalue weighted by atomic mass is 127. The third kappa shape index (κ3) is 6.93. The Kier molecular flexibility index (Phi) is 8.39. The van der Waals surface area contributed by atoms with Crippen molar-refractivity contribution in [1.29, 1.82) is 0 Å². The Labute approximate surface area is 180 Å². The normalized spacial score (nSPS) is 24.2. The van der Waals surface area contributed by atoms with Crippen LogP contribution in [0.5, 0.6) is 0 Å². The second kappa shape index (κ2) is 10.1. The largest absolute Gasteiger partial charge is 0.356 e. The van der Waals surface area contributed by atoms with Gasteiger partial charge in [-0.2, -0.15) is 0 Å². The maximum Gasteiger partial charge on any atom is 0.191 e. The quantitative estimate of drug-likeness (QED) is 0.367. The molecule has 0 saturated carbocycles. The molecule has 27 heavy (non-hydrogen) atoms. The van der Waals surface area contributed by atoms with Gasteiger partial charge in [0.15, 0.2) is 15.8 Å². The number of hydrogen-bond donors (Lipinski definition) is 2. The third-order valence-corrected chi connectivity index (χ3v) is 7.02. The molecule has 2 N–H and O–H groups in total. The molecule has 1 aliphatic carbocycles. The summed E-state index contributed by atoms with van der Waals surface area (Å²) in [6, 6.07) is 9.02. The number of halogens is 1. The number of rotatable bonds is 5. The maximum absolute atomic E-state index is 11.7. The van der Waals surface area contributed by atoms with Crippen LogP contribution in [0.4, 0.5) is 0 Å². The van der Waals surface area contributed by atoms with Gasteiger partial charge in [0, 0.05) is 19.1 Å². The van der Waals surface area contributed by atoms with E-state index in [1.165, 1.54) is 11.1 Å². The number of sulfone groups is 1. The number of hydrogen-bond acceptors (Lipinski definition) is 3. The molecule has 0 amide bonds. The summed E-state index contributed by atoms with van der Waals surface area (Å²) >= 11 is 0. The van der Waals surface area contributed by atoms with E-state index in [-0.39, 0.29) is 29.9 Å². The highest BCUT2D eigenvalue weighted by molar-refractivity contribution is 14.0. The van der Waals surface area contributed by atoms with Crippen LogP contribution in [-0.4, -0.2) is 45.0 Å². The minimum atomic E-state index is -2.83. The molecule has 0 spiro atoms. The molecule has 1 aromatic rings. The lowest BCUT2D eigenvalue weighted by Crippen LogP contribution is -2.47. The van der Waals surface area contributed by atoms with E-state index >= 15 is 0 Å². The van der Waals surface area contributed by atoms with Gasteiger partial charge >= 0.3 is 0 Å². The van der Waals surface area contributed by atoms with Crippen molar-refractivity contribution in [3.05, 3.63) is 35.4 Å². The Morgan fingerprint density at radius 3 is 2.63 bits per heavy atom. The van der Waals surface area contributed by atoms with Crippen molar-refractivity contribution in [3.8, 4) is 0 Å². The molecule has 3 rings (SSSR count). The summed E-state index contributed by atoms with van der Waals surface area (Å²) in [5.41, 5.74) is 2.87. The van der Waals surface area contributed by atoms with Crippen LogP contribution in [0.25, 0.3) is 0 Å². The van der Waals surface area contributed by atoms with Crippen LogP contribution >= 0.6 is 24.0 Å².